The Hall–Kier alpha value is -2.01. The van der Waals surface area contributed by atoms with Gasteiger partial charge in [-0.1, -0.05) is 11.6 Å². The summed E-state index contributed by atoms with van der Waals surface area (Å²) in [6, 6.07) is 7.31. The summed E-state index contributed by atoms with van der Waals surface area (Å²) in [7, 11) is 0. The van der Waals surface area contributed by atoms with Crippen molar-refractivity contribution in [2.24, 2.45) is 0 Å². The zero-order chi connectivity index (χ0) is 14.8. The molecular formula is C15H16ClN3O2. The lowest BCUT2D eigenvalue weighted by Crippen LogP contribution is -2.48. The summed E-state index contributed by atoms with van der Waals surface area (Å²) in [5.41, 5.74) is 1.04. The number of carbonyl (C=O) groups excluding carboxylic acids is 1. The number of aromatic nitrogens is 1. The van der Waals surface area contributed by atoms with Crippen LogP contribution >= 0.6 is 11.6 Å². The van der Waals surface area contributed by atoms with Crippen molar-refractivity contribution >= 4 is 23.2 Å². The van der Waals surface area contributed by atoms with E-state index in [1.165, 1.54) is 0 Å². The average Bonchev–Trinajstić information content (AvgIpc) is 2.93. The van der Waals surface area contributed by atoms with Crippen LogP contribution in [0.1, 0.15) is 16.3 Å². The van der Waals surface area contributed by atoms with Crippen LogP contribution in [0.4, 0.5) is 5.69 Å². The quantitative estimate of drug-likeness (QED) is 0.800. The fourth-order valence-corrected chi connectivity index (χ4v) is 2.63. The lowest BCUT2D eigenvalue weighted by molar-refractivity contribution is 0.0713. The van der Waals surface area contributed by atoms with E-state index in [0.29, 0.717) is 24.0 Å². The number of amides is 1. The highest BCUT2D eigenvalue weighted by Gasteiger charge is 2.24. The molecule has 0 aliphatic carbocycles. The Morgan fingerprint density at radius 2 is 2.00 bits per heavy atom. The summed E-state index contributed by atoms with van der Waals surface area (Å²) < 4.78 is 5.40. The molecule has 0 radical (unpaired) electrons. The second-order valence-corrected chi connectivity index (χ2v) is 5.41. The molecule has 5 nitrogen and oxygen atoms in total. The van der Waals surface area contributed by atoms with Gasteiger partial charge < -0.3 is 14.2 Å². The number of piperazine rings is 1. The first kappa shape index (κ1) is 13.9. The second-order valence-electron chi connectivity index (χ2n) is 5.03. The van der Waals surface area contributed by atoms with Crippen molar-refractivity contribution in [3.8, 4) is 0 Å². The molecule has 0 N–H and O–H groups in total. The van der Waals surface area contributed by atoms with Gasteiger partial charge in [-0.05, 0) is 31.2 Å². The molecule has 0 aromatic carbocycles. The number of anilines is 1. The van der Waals surface area contributed by atoms with Crippen molar-refractivity contribution in [1.82, 2.24) is 9.88 Å². The Bertz CT molecular complexity index is 648. The third kappa shape index (κ3) is 3.03. The van der Waals surface area contributed by atoms with Gasteiger partial charge in [0, 0.05) is 38.1 Å². The van der Waals surface area contributed by atoms with Crippen molar-refractivity contribution in [3.63, 3.8) is 0 Å². The van der Waals surface area contributed by atoms with Crippen LogP contribution in [-0.2, 0) is 0 Å². The predicted molar refractivity (Wildman–Crippen MR) is 80.8 cm³/mol. The molecule has 0 bridgehead atoms. The van der Waals surface area contributed by atoms with Crippen LogP contribution in [0.15, 0.2) is 34.9 Å². The van der Waals surface area contributed by atoms with Crippen molar-refractivity contribution < 1.29 is 9.21 Å². The number of carbonyl (C=O) groups is 1. The summed E-state index contributed by atoms with van der Waals surface area (Å²) in [5, 5.41) is 0.483. The van der Waals surface area contributed by atoms with E-state index in [4.69, 9.17) is 16.0 Å². The number of hydrogen-bond acceptors (Lipinski definition) is 4. The molecule has 1 saturated heterocycles. The van der Waals surface area contributed by atoms with E-state index in [2.05, 4.69) is 9.88 Å². The lowest BCUT2D eigenvalue weighted by atomic mass is 10.2. The summed E-state index contributed by atoms with van der Waals surface area (Å²) >= 11 is 5.91. The molecule has 2 aromatic heterocycles. The highest BCUT2D eigenvalue weighted by Crippen LogP contribution is 2.20. The molecule has 0 atom stereocenters. The van der Waals surface area contributed by atoms with Crippen LogP contribution in [-0.4, -0.2) is 42.0 Å². The Morgan fingerprint density at radius 3 is 2.62 bits per heavy atom. The fraction of sp³-hybridized carbons (Fsp3) is 0.333. The molecular weight excluding hydrogens is 290 g/mol. The molecule has 6 heteroatoms. The summed E-state index contributed by atoms with van der Waals surface area (Å²) in [4.78, 5) is 20.3. The maximum Gasteiger partial charge on any atom is 0.289 e. The van der Waals surface area contributed by atoms with Crippen LogP contribution < -0.4 is 4.90 Å². The Morgan fingerprint density at radius 1 is 1.24 bits per heavy atom. The molecule has 0 unspecified atom stereocenters. The van der Waals surface area contributed by atoms with E-state index < -0.39 is 0 Å². The molecule has 1 aliphatic heterocycles. The van der Waals surface area contributed by atoms with Gasteiger partial charge in [0.1, 0.15) is 10.9 Å². The monoisotopic (exact) mass is 305 g/mol. The minimum Gasteiger partial charge on any atom is -0.456 e. The van der Waals surface area contributed by atoms with Gasteiger partial charge in [-0.3, -0.25) is 4.79 Å². The maximum atomic E-state index is 12.3. The van der Waals surface area contributed by atoms with Crippen molar-refractivity contribution in [2.45, 2.75) is 6.92 Å². The van der Waals surface area contributed by atoms with Gasteiger partial charge in [0.25, 0.3) is 5.91 Å². The first-order chi connectivity index (χ1) is 10.1. The van der Waals surface area contributed by atoms with Gasteiger partial charge in [0.15, 0.2) is 5.76 Å². The average molecular weight is 306 g/mol. The van der Waals surface area contributed by atoms with Gasteiger partial charge in [-0.15, -0.1) is 0 Å². The van der Waals surface area contributed by atoms with Gasteiger partial charge in [0.2, 0.25) is 0 Å². The first-order valence-electron chi connectivity index (χ1n) is 6.86. The maximum absolute atomic E-state index is 12.3. The Labute approximate surface area is 128 Å². The highest BCUT2D eigenvalue weighted by atomic mass is 35.5. The SMILES string of the molecule is Cc1ccc(C(=O)N2CCN(c3ccnc(Cl)c3)CC2)o1. The molecule has 2 aromatic rings. The zero-order valence-corrected chi connectivity index (χ0v) is 12.5. The van der Waals surface area contributed by atoms with Crippen molar-refractivity contribution in [2.75, 3.05) is 31.1 Å². The molecule has 1 aliphatic rings. The van der Waals surface area contributed by atoms with Gasteiger partial charge >= 0.3 is 0 Å². The highest BCUT2D eigenvalue weighted by molar-refractivity contribution is 6.29. The molecule has 1 fully saturated rings. The molecule has 3 heterocycles. The van der Waals surface area contributed by atoms with E-state index in [1.807, 2.05) is 30.0 Å². The number of nitrogens with zero attached hydrogens (tertiary/aromatic N) is 3. The van der Waals surface area contributed by atoms with Crippen molar-refractivity contribution in [3.05, 3.63) is 47.1 Å². The number of rotatable bonds is 2. The van der Waals surface area contributed by atoms with Gasteiger partial charge in [0.05, 0.1) is 0 Å². The summed E-state index contributed by atoms with van der Waals surface area (Å²) in [6.07, 6.45) is 1.70. The summed E-state index contributed by atoms with van der Waals surface area (Å²) in [5.74, 6) is 1.12. The smallest absolute Gasteiger partial charge is 0.289 e. The third-order valence-corrected chi connectivity index (χ3v) is 3.80. The number of aryl methyl sites for hydroxylation is 1. The minimum atomic E-state index is -0.0458. The first-order valence-corrected chi connectivity index (χ1v) is 7.23. The number of pyridine rings is 1. The van der Waals surface area contributed by atoms with Crippen LogP contribution in [0.2, 0.25) is 5.15 Å². The largest absolute Gasteiger partial charge is 0.456 e. The number of hydrogen-bond donors (Lipinski definition) is 0. The van der Waals surface area contributed by atoms with Gasteiger partial charge in [-0.25, -0.2) is 4.98 Å². The van der Waals surface area contributed by atoms with E-state index in [-0.39, 0.29) is 5.91 Å². The van der Waals surface area contributed by atoms with Crippen LogP contribution in [0.25, 0.3) is 0 Å². The Balaban J connectivity index is 1.64. The predicted octanol–water partition coefficient (Wildman–Crippen LogP) is 2.60. The lowest BCUT2D eigenvalue weighted by Gasteiger charge is -2.35. The molecule has 21 heavy (non-hydrogen) atoms. The van der Waals surface area contributed by atoms with E-state index in [0.717, 1.165) is 24.5 Å². The molecule has 1 amide bonds. The number of furan rings is 1. The van der Waals surface area contributed by atoms with Crippen LogP contribution in [0, 0.1) is 6.92 Å². The topological polar surface area (TPSA) is 49.6 Å². The standard InChI is InChI=1S/C15H16ClN3O2/c1-11-2-3-13(21-11)15(20)19-8-6-18(7-9-19)12-4-5-17-14(16)10-12/h2-5,10H,6-9H2,1H3. The van der Waals surface area contributed by atoms with E-state index >= 15 is 0 Å². The molecule has 0 saturated carbocycles. The fourth-order valence-electron chi connectivity index (χ4n) is 2.46. The molecule has 110 valence electrons. The van der Waals surface area contributed by atoms with E-state index in [9.17, 15) is 4.79 Å². The van der Waals surface area contributed by atoms with Crippen LogP contribution in [0.3, 0.4) is 0 Å². The van der Waals surface area contributed by atoms with Crippen molar-refractivity contribution in [1.29, 1.82) is 0 Å². The zero-order valence-electron chi connectivity index (χ0n) is 11.8. The van der Waals surface area contributed by atoms with Gasteiger partial charge in [-0.2, -0.15) is 0 Å². The normalized spacial score (nSPS) is 15.3. The summed E-state index contributed by atoms with van der Waals surface area (Å²) in [6.45, 7) is 4.70. The van der Waals surface area contributed by atoms with E-state index in [1.54, 1.807) is 12.3 Å². The molecule has 0 spiro atoms. The number of halogens is 1. The minimum absolute atomic E-state index is 0.0458. The third-order valence-electron chi connectivity index (χ3n) is 3.59. The molecule has 3 rings (SSSR count). The second kappa shape index (κ2) is 5.77. The Kier molecular flexibility index (Phi) is 3.84. The van der Waals surface area contributed by atoms with Crippen LogP contribution in [0.5, 0.6) is 0 Å².